The summed E-state index contributed by atoms with van der Waals surface area (Å²) in [7, 11) is 2.05. The molecule has 2 fully saturated rings. The first kappa shape index (κ1) is 14.1. The van der Waals surface area contributed by atoms with Crippen LogP contribution in [0.3, 0.4) is 0 Å². The van der Waals surface area contributed by atoms with Crippen LogP contribution in [0, 0.1) is 11.3 Å². The van der Waals surface area contributed by atoms with Crippen molar-refractivity contribution in [3.05, 3.63) is 29.8 Å². The van der Waals surface area contributed by atoms with Crippen molar-refractivity contribution in [1.82, 2.24) is 25.0 Å². The summed E-state index contributed by atoms with van der Waals surface area (Å²) >= 11 is 0. The quantitative estimate of drug-likeness (QED) is 0.831. The van der Waals surface area contributed by atoms with Gasteiger partial charge >= 0.3 is 0 Å². The molecule has 0 spiro atoms. The van der Waals surface area contributed by atoms with Crippen molar-refractivity contribution in [2.75, 3.05) is 31.6 Å². The fraction of sp³-hybridized carbons (Fsp3) is 0.533. The molecule has 1 saturated carbocycles. The highest BCUT2D eigenvalue weighted by Crippen LogP contribution is 2.39. The zero-order valence-electron chi connectivity index (χ0n) is 12.9. The Hall–Kier alpha value is -2.53. The number of piperazine rings is 1. The SMILES string of the molecule is CN1CCN(c2nccnc2C#N)C[C@@H]1c1nc(C2CC2)no1. The molecule has 1 saturated heterocycles. The topological polar surface area (TPSA) is 95.0 Å². The van der Waals surface area contributed by atoms with Crippen molar-refractivity contribution in [3.8, 4) is 6.07 Å². The highest BCUT2D eigenvalue weighted by Gasteiger charge is 2.34. The third-order valence-corrected chi connectivity index (χ3v) is 4.42. The molecule has 1 atom stereocenters. The number of nitrogens with zero attached hydrogens (tertiary/aromatic N) is 7. The minimum absolute atomic E-state index is 0.00250. The summed E-state index contributed by atoms with van der Waals surface area (Å²) in [5, 5.41) is 13.3. The van der Waals surface area contributed by atoms with Crippen LogP contribution in [0.15, 0.2) is 16.9 Å². The van der Waals surface area contributed by atoms with Crippen LogP contribution in [0.2, 0.25) is 0 Å². The van der Waals surface area contributed by atoms with E-state index in [0.717, 1.165) is 31.8 Å². The number of hydrogen-bond donors (Lipinski definition) is 0. The smallest absolute Gasteiger partial charge is 0.245 e. The van der Waals surface area contributed by atoms with E-state index >= 15 is 0 Å². The number of anilines is 1. The first-order chi connectivity index (χ1) is 11.3. The summed E-state index contributed by atoms with van der Waals surface area (Å²) in [6, 6.07) is 2.10. The van der Waals surface area contributed by atoms with Gasteiger partial charge in [-0.05, 0) is 19.9 Å². The molecular weight excluding hydrogens is 294 g/mol. The van der Waals surface area contributed by atoms with Crippen molar-refractivity contribution in [2.24, 2.45) is 0 Å². The van der Waals surface area contributed by atoms with E-state index in [1.807, 2.05) is 7.05 Å². The molecule has 0 unspecified atom stereocenters. The van der Waals surface area contributed by atoms with Crippen molar-refractivity contribution in [2.45, 2.75) is 24.8 Å². The minimum Gasteiger partial charge on any atom is -0.351 e. The highest BCUT2D eigenvalue weighted by atomic mass is 16.5. The molecule has 1 aliphatic heterocycles. The molecule has 8 heteroatoms. The second-order valence-corrected chi connectivity index (χ2v) is 6.05. The third kappa shape index (κ3) is 2.64. The number of aromatic nitrogens is 4. The van der Waals surface area contributed by atoms with E-state index in [2.05, 4.69) is 36.0 Å². The molecule has 2 aromatic heterocycles. The second-order valence-electron chi connectivity index (χ2n) is 6.05. The summed E-state index contributed by atoms with van der Waals surface area (Å²) in [6.07, 6.45) is 5.45. The lowest BCUT2D eigenvalue weighted by Gasteiger charge is -2.38. The van der Waals surface area contributed by atoms with E-state index in [-0.39, 0.29) is 6.04 Å². The zero-order chi connectivity index (χ0) is 15.8. The predicted molar refractivity (Wildman–Crippen MR) is 80.6 cm³/mol. The Morgan fingerprint density at radius 2 is 2.09 bits per heavy atom. The van der Waals surface area contributed by atoms with Gasteiger partial charge in [-0.1, -0.05) is 5.16 Å². The summed E-state index contributed by atoms with van der Waals surface area (Å²) in [5.41, 5.74) is 0.347. The number of hydrogen-bond acceptors (Lipinski definition) is 8. The number of rotatable bonds is 3. The van der Waals surface area contributed by atoms with Crippen LogP contribution in [-0.4, -0.2) is 51.7 Å². The van der Waals surface area contributed by atoms with Crippen molar-refractivity contribution in [3.63, 3.8) is 0 Å². The standard InChI is InChI=1S/C15H17N7O/c1-21-6-7-22(14-11(8-16)17-4-5-18-14)9-12(21)15-19-13(20-23-15)10-2-3-10/h4-5,10,12H,2-3,6-7,9H2,1H3/t12-/m1/s1. The molecule has 0 radical (unpaired) electrons. The Balaban J connectivity index is 1.58. The fourth-order valence-corrected chi connectivity index (χ4v) is 2.86. The molecule has 3 heterocycles. The van der Waals surface area contributed by atoms with Gasteiger partial charge in [0.2, 0.25) is 5.89 Å². The van der Waals surface area contributed by atoms with Gasteiger partial charge in [0.05, 0.1) is 0 Å². The van der Waals surface area contributed by atoms with Crippen LogP contribution >= 0.6 is 0 Å². The molecule has 0 amide bonds. The molecule has 0 bridgehead atoms. The predicted octanol–water partition coefficient (Wildman–Crippen LogP) is 1.10. The average molecular weight is 311 g/mol. The zero-order valence-corrected chi connectivity index (χ0v) is 12.9. The first-order valence-corrected chi connectivity index (χ1v) is 7.76. The van der Waals surface area contributed by atoms with Gasteiger partial charge in [0.1, 0.15) is 12.1 Å². The van der Waals surface area contributed by atoms with E-state index in [1.165, 1.54) is 6.20 Å². The highest BCUT2D eigenvalue weighted by molar-refractivity contribution is 5.50. The van der Waals surface area contributed by atoms with Gasteiger partial charge in [-0.2, -0.15) is 10.2 Å². The van der Waals surface area contributed by atoms with Crippen molar-refractivity contribution >= 4 is 5.82 Å². The molecule has 118 valence electrons. The van der Waals surface area contributed by atoms with Gasteiger partial charge in [-0.3, -0.25) is 4.90 Å². The third-order valence-electron chi connectivity index (χ3n) is 4.42. The molecule has 23 heavy (non-hydrogen) atoms. The summed E-state index contributed by atoms with van der Waals surface area (Å²) < 4.78 is 5.49. The van der Waals surface area contributed by atoms with Crippen LogP contribution < -0.4 is 4.90 Å². The van der Waals surface area contributed by atoms with Gasteiger partial charge in [-0.15, -0.1) is 0 Å². The van der Waals surface area contributed by atoms with Crippen LogP contribution in [-0.2, 0) is 0 Å². The normalized spacial score (nSPS) is 22.1. The number of likely N-dealkylation sites (N-methyl/N-ethyl adjacent to an activating group) is 1. The Morgan fingerprint density at radius 1 is 1.26 bits per heavy atom. The molecule has 4 rings (SSSR count). The lowest BCUT2D eigenvalue weighted by molar-refractivity contribution is 0.177. The van der Waals surface area contributed by atoms with Crippen molar-refractivity contribution in [1.29, 1.82) is 5.26 Å². The Labute approximate surface area is 133 Å². The maximum atomic E-state index is 9.22. The van der Waals surface area contributed by atoms with Crippen molar-refractivity contribution < 1.29 is 4.52 Å². The summed E-state index contributed by atoms with van der Waals surface area (Å²) in [5.74, 6) is 2.56. The van der Waals surface area contributed by atoms with E-state index in [4.69, 9.17) is 4.52 Å². The Kier molecular flexibility index (Phi) is 3.42. The maximum Gasteiger partial charge on any atom is 0.245 e. The summed E-state index contributed by atoms with van der Waals surface area (Å²) in [4.78, 5) is 17.3. The maximum absolute atomic E-state index is 9.22. The Morgan fingerprint density at radius 3 is 2.87 bits per heavy atom. The fourth-order valence-electron chi connectivity index (χ4n) is 2.86. The van der Waals surface area contributed by atoms with E-state index in [0.29, 0.717) is 29.9 Å². The van der Waals surface area contributed by atoms with E-state index < -0.39 is 0 Å². The number of nitriles is 1. The molecule has 2 aromatic rings. The summed E-state index contributed by atoms with van der Waals surface area (Å²) in [6.45, 7) is 2.26. The van der Waals surface area contributed by atoms with Gasteiger partial charge in [0, 0.05) is 37.9 Å². The van der Waals surface area contributed by atoms with E-state index in [1.54, 1.807) is 6.20 Å². The lowest BCUT2D eigenvalue weighted by atomic mass is 10.1. The van der Waals surface area contributed by atoms with Crippen LogP contribution in [0.4, 0.5) is 5.82 Å². The molecule has 2 aliphatic rings. The van der Waals surface area contributed by atoms with Gasteiger partial charge in [-0.25, -0.2) is 9.97 Å². The second kappa shape index (κ2) is 5.59. The monoisotopic (exact) mass is 311 g/mol. The van der Waals surface area contributed by atoms with Gasteiger partial charge in [0.25, 0.3) is 0 Å². The minimum atomic E-state index is -0.00250. The molecular formula is C15H17N7O. The Bertz CT molecular complexity index is 748. The van der Waals surface area contributed by atoms with Crippen LogP contribution in [0.25, 0.3) is 0 Å². The van der Waals surface area contributed by atoms with Crippen LogP contribution in [0.1, 0.15) is 42.2 Å². The lowest BCUT2D eigenvalue weighted by Crippen LogP contribution is -2.47. The molecule has 0 N–H and O–H groups in total. The molecule has 8 nitrogen and oxygen atoms in total. The first-order valence-electron chi connectivity index (χ1n) is 7.76. The van der Waals surface area contributed by atoms with E-state index in [9.17, 15) is 5.26 Å². The molecule has 0 aromatic carbocycles. The van der Waals surface area contributed by atoms with Gasteiger partial charge < -0.3 is 9.42 Å². The largest absolute Gasteiger partial charge is 0.351 e. The molecule has 1 aliphatic carbocycles. The van der Waals surface area contributed by atoms with Crippen LogP contribution in [0.5, 0.6) is 0 Å². The average Bonchev–Trinajstić information content (AvgIpc) is 3.33. The van der Waals surface area contributed by atoms with Gasteiger partial charge in [0.15, 0.2) is 17.3 Å².